The lowest BCUT2D eigenvalue weighted by molar-refractivity contribution is 0.240. The van der Waals surface area contributed by atoms with Gasteiger partial charge >= 0.3 is 6.03 Å². The summed E-state index contributed by atoms with van der Waals surface area (Å²) in [4.78, 5) is 11.7. The van der Waals surface area contributed by atoms with E-state index in [2.05, 4.69) is 29.8 Å². The van der Waals surface area contributed by atoms with Crippen LogP contribution >= 0.6 is 0 Å². The SMILES string of the molecule is CCNC(C)c1ccc(NC(=O)NC2CCC2)cc1. The van der Waals surface area contributed by atoms with Crippen LogP contribution in [-0.4, -0.2) is 18.6 Å². The van der Waals surface area contributed by atoms with Gasteiger partial charge in [0, 0.05) is 17.8 Å². The fourth-order valence-electron chi connectivity index (χ4n) is 2.18. The molecule has 2 rings (SSSR count). The Labute approximate surface area is 115 Å². The summed E-state index contributed by atoms with van der Waals surface area (Å²) < 4.78 is 0. The molecule has 4 heteroatoms. The first-order valence-corrected chi connectivity index (χ1v) is 7.10. The summed E-state index contributed by atoms with van der Waals surface area (Å²) in [5.41, 5.74) is 2.07. The Balaban J connectivity index is 1.85. The number of carbonyl (C=O) groups is 1. The van der Waals surface area contributed by atoms with Crippen LogP contribution in [-0.2, 0) is 0 Å². The topological polar surface area (TPSA) is 53.2 Å². The van der Waals surface area contributed by atoms with Crippen molar-refractivity contribution in [3.63, 3.8) is 0 Å². The van der Waals surface area contributed by atoms with Gasteiger partial charge in [-0.25, -0.2) is 4.79 Å². The summed E-state index contributed by atoms with van der Waals surface area (Å²) in [6.45, 7) is 5.18. The minimum atomic E-state index is -0.0998. The van der Waals surface area contributed by atoms with Crippen LogP contribution in [0.4, 0.5) is 10.5 Å². The van der Waals surface area contributed by atoms with Gasteiger partial charge in [0.05, 0.1) is 0 Å². The average Bonchev–Trinajstić information content (AvgIpc) is 2.35. The van der Waals surface area contributed by atoms with Crippen molar-refractivity contribution in [2.75, 3.05) is 11.9 Å². The first-order chi connectivity index (χ1) is 9.19. The normalized spacial score (nSPS) is 16.5. The first kappa shape index (κ1) is 13.9. The maximum absolute atomic E-state index is 11.7. The van der Waals surface area contributed by atoms with E-state index in [4.69, 9.17) is 0 Å². The van der Waals surface area contributed by atoms with Crippen LogP contribution in [0.15, 0.2) is 24.3 Å². The number of hydrogen-bond donors (Lipinski definition) is 3. The lowest BCUT2D eigenvalue weighted by Crippen LogP contribution is -2.41. The highest BCUT2D eigenvalue weighted by molar-refractivity contribution is 5.89. The van der Waals surface area contributed by atoms with Crippen molar-refractivity contribution in [2.45, 2.75) is 45.2 Å². The van der Waals surface area contributed by atoms with Gasteiger partial charge in [0.2, 0.25) is 0 Å². The van der Waals surface area contributed by atoms with Gasteiger partial charge in [-0.05, 0) is 50.4 Å². The van der Waals surface area contributed by atoms with E-state index >= 15 is 0 Å². The van der Waals surface area contributed by atoms with Gasteiger partial charge in [-0.2, -0.15) is 0 Å². The van der Waals surface area contributed by atoms with Crippen molar-refractivity contribution in [2.24, 2.45) is 0 Å². The van der Waals surface area contributed by atoms with Crippen LogP contribution in [0.2, 0.25) is 0 Å². The molecule has 1 aromatic rings. The largest absolute Gasteiger partial charge is 0.335 e. The van der Waals surface area contributed by atoms with Crippen molar-refractivity contribution < 1.29 is 4.79 Å². The summed E-state index contributed by atoms with van der Waals surface area (Å²) in [7, 11) is 0. The van der Waals surface area contributed by atoms with Gasteiger partial charge in [0.25, 0.3) is 0 Å². The zero-order chi connectivity index (χ0) is 13.7. The zero-order valence-electron chi connectivity index (χ0n) is 11.7. The Morgan fingerprint density at radius 1 is 1.32 bits per heavy atom. The second kappa shape index (κ2) is 6.57. The molecule has 0 radical (unpaired) electrons. The Bertz CT molecular complexity index is 412. The first-order valence-electron chi connectivity index (χ1n) is 7.10. The molecule has 19 heavy (non-hydrogen) atoms. The van der Waals surface area contributed by atoms with E-state index in [1.165, 1.54) is 12.0 Å². The number of hydrogen-bond acceptors (Lipinski definition) is 2. The molecule has 104 valence electrons. The minimum Gasteiger partial charge on any atom is -0.335 e. The Morgan fingerprint density at radius 2 is 2.00 bits per heavy atom. The van der Waals surface area contributed by atoms with Crippen LogP contribution in [0.3, 0.4) is 0 Å². The van der Waals surface area contributed by atoms with Crippen LogP contribution in [0.25, 0.3) is 0 Å². The molecule has 1 unspecified atom stereocenters. The fourth-order valence-corrected chi connectivity index (χ4v) is 2.18. The Kier molecular flexibility index (Phi) is 4.80. The monoisotopic (exact) mass is 261 g/mol. The minimum absolute atomic E-state index is 0.0998. The highest BCUT2D eigenvalue weighted by Crippen LogP contribution is 2.19. The van der Waals surface area contributed by atoms with Crippen LogP contribution in [0.5, 0.6) is 0 Å². The van der Waals surface area contributed by atoms with E-state index in [0.29, 0.717) is 12.1 Å². The smallest absolute Gasteiger partial charge is 0.319 e. The van der Waals surface area contributed by atoms with Gasteiger partial charge < -0.3 is 16.0 Å². The molecule has 1 fully saturated rings. The molecule has 1 saturated carbocycles. The summed E-state index contributed by atoms with van der Waals surface area (Å²) >= 11 is 0. The molecule has 1 aliphatic rings. The second-order valence-electron chi connectivity index (χ2n) is 5.13. The van der Waals surface area contributed by atoms with Crippen molar-refractivity contribution in [3.05, 3.63) is 29.8 Å². The maximum Gasteiger partial charge on any atom is 0.319 e. The Hall–Kier alpha value is -1.55. The summed E-state index contributed by atoms with van der Waals surface area (Å²) in [5.74, 6) is 0. The van der Waals surface area contributed by atoms with E-state index in [9.17, 15) is 4.79 Å². The second-order valence-corrected chi connectivity index (χ2v) is 5.13. The van der Waals surface area contributed by atoms with Gasteiger partial charge in [0.15, 0.2) is 0 Å². The molecule has 1 atom stereocenters. The molecular weight excluding hydrogens is 238 g/mol. The van der Waals surface area contributed by atoms with Crippen molar-refractivity contribution >= 4 is 11.7 Å². The van der Waals surface area contributed by atoms with Gasteiger partial charge in [-0.15, -0.1) is 0 Å². The lowest BCUT2D eigenvalue weighted by atomic mass is 9.93. The number of anilines is 1. The molecule has 0 spiro atoms. The number of carbonyl (C=O) groups excluding carboxylic acids is 1. The van der Waals surface area contributed by atoms with Crippen LogP contribution in [0, 0.1) is 0 Å². The standard InChI is InChI=1S/C15H23N3O/c1-3-16-11(2)12-7-9-14(10-8-12)18-15(19)17-13-5-4-6-13/h7-11,13,16H,3-6H2,1-2H3,(H2,17,18,19). The third-order valence-electron chi connectivity index (χ3n) is 3.62. The van der Waals surface area contributed by atoms with Crippen molar-refractivity contribution in [3.8, 4) is 0 Å². The lowest BCUT2D eigenvalue weighted by Gasteiger charge is -2.26. The third kappa shape index (κ3) is 3.96. The van der Waals surface area contributed by atoms with E-state index in [0.717, 1.165) is 25.1 Å². The predicted molar refractivity (Wildman–Crippen MR) is 78.3 cm³/mol. The number of amides is 2. The Morgan fingerprint density at radius 3 is 2.53 bits per heavy atom. The quantitative estimate of drug-likeness (QED) is 0.763. The van der Waals surface area contributed by atoms with E-state index in [1.54, 1.807) is 0 Å². The third-order valence-corrected chi connectivity index (χ3v) is 3.62. The number of urea groups is 1. The molecule has 0 saturated heterocycles. The molecule has 0 bridgehead atoms. The molecule has 2 amide bonds. The van der Waals surface area contributed by atoms with E-state index in [-0.39, 0.29) is 6.03 Å². The van der Waals surface area contributed by atoms with Crippen molar-refractivity contribution in [1.82, 2.24) is 10.6 Å². The number of benzene rings is 1. The molecule has 4 nitrogen and oxygen atoms in total. The van der Waals surface area contributed by atoms with Crippen molar-refractivity contribution in [1.29, 1.82) is 0 Å². The average molecular weight is 261 g/mol. The highest BCUT2D eigenvalue weighted by atomic mass is 16.2. The fraction of sp³-hybridized carbons (Fsp3) is 0.533. The summed E-state index contributed by atoms with van der Waals surface area (Å²) in [6, 6.07) is 8.60. The summed E-state index contributed by atoms with van der Waals surface area (Å²) in [5, 5.41) is 9.19. The van der Waals surface area contributed by atoms with Gasteiger partial charge in [0.1, 0.15) is 0 Å². The molecule has 1 aliphatic carbocycles. The molecule has 3 N–H and O–H groups in total. The predicted octanol–water partition coefficient (Wildman–Crippen LogP) is 3.03. The summed E-state index contributed by atoms with van der Waals surface area (Å²) in [6.07, 6.45) is 3.43. The maximum atomic E-state index is 11.7. The number of nitrogens with one attached hydrogen (secondary N) is 3. The van der Waals surface area contributed by atoms with E-state index < -0.39 is 0 Å². The molecule has 0 aliphatic heterocycles. The van der Waals surface area contributed by atoms with Crippen LogP contribution < -0.4 is 16.0 Å². The zero-order valence-corrected chi connectivity index (χ0v) is 11.7. The highest BCUT2D eigenvalue weighted by Gasteiger charge is 2.19. The molecule has 0 aromatic heterocycles. The van der Waals surface area contributed by atoms with Gasteiger partial charge in [-0.1, -0.05) is 19.1 Å². The molecule has 0 heterocycles. The van der Waals surface area contributed by atoms with E-state index in [1.807, 2.05) is 24.3 Å². The molecular formula is C15H23N3O. The molecule has 1 aromatic carbocycles. The number of rotatable bonds is 5. The van der Waals surface area contributed by atoms with Crippen LogP contribution in [0.1, 0.15) is 44.7 Å². The van der Waals surface area contributed by atoms with Gasteiger partial charge in [-0.3, -0.25) is 0 Å².